The van der Waals surface area contributed by atoms with Gasteiger partial charge in [-0.2, -0.15) is 33.6 Å². The van der Waals surface area contributed by atoms with Gasteiger partial charge in [-0.1, -0.05) is 97.1 Å². The third kappa shape index (κ3) is 14.2. The van der Waals surface area contributed by atoms with Gasteiger partial charge >= 0.3 is 17.7 Å². The fourth-order valence-electron chi connectivity index (χ4n) is 10.5. The number of carbonyl (C=O) groups excluding carboxylic acids is 4. The summed E-state index contributed by atoms with van der Waals surface area (Å²) in [5, 5.41) is 36.4. The van der Waals surface area contributed by atoms with Crippen LogP contribution in [0.2, 0.25) is 0 Å². The Bertz CT molecular complexity index is 4190. The monoisotopic (exact) mass is 1190 g/mol. The molecule has 0 saturated carbocycles. The predicted octanol–water partition coefficient (Wildman–Crippen LogP) is 11.2. The number of halogens is 4. The molecule has 442 valence electrons. The van der Waals surface area contributed by atoms with Gasteiger partial charge in [0.25, 0.3) is 22.9 Å². The van der Waals surface area contributed by atoms with Crippen LogP contribution < -0.4 is 27.1 Å². The SMILES string of the molecule is CCOC(=O)Cl.O=C(Nc1ccc(-c2n[nH]c(=O)c3ccccc23)cc1)c1nn(CC2CCN(C(=O)OCC(F)(F)F)CC2)c2ccccc12.O=C(Nc1ccc(-c2n[nH]c(=O)c3ccccc23)cc1)c1nn(CC2CCNCC2)c2ccccc12. The summed E-state index contributed by atoms with van der Waals surface area (Å²) in [7, 11) is 0. The zero-order valence-electron chi connectivity index (χ0n) is 46.4. The van der Waals surface area contributed by atoms with Crippen molar-refractivity contribution < 1.29 is 41.8 Å². The van der Waals surface area contributed by atoms with Gasteiger partial charge in [-0.15, -0.1) is 0 Å². The maximum absolute atomic E-state index is 13.4. The number of ether oxygens (including phenoxy) is 2. The van der Waals surface area contributed by atoms with Crippen LogP contribution in [0.4, 0.5) is 34.1 Å². The van der Waals surface area contributed by atoms with Crippen molar-refractivity contribution in [3.05, 3.63) is 178 Å². The summed E-state index contributed by atoms with van der Waals surface area (Å²) < 4.78 is 49.5. The summed E-state index contributed by atoms with van der Waals surface area (Å²) >= 11 is 4.72. The molecule has 10 aromatic rings. The molecule has 2 aliphatic rings. The third-order valence-electron chi connectivity index (χ3n) is 14.8. The van der Waals surface area contributed by atoms with Crippen molar-refractivity contribution in [2.75, 3.05) is 50.0 Å². The Morgan fingerprint density at radius 2 is 0.977 bits per heavy atom. The van der Waals surface area contributed by atoms with Crippen LogP contribution in [-0.4, -0.2) is 114 Å². The lowest BCUT2D eigenvalue weighted by atomic mass is 9.97. The number of rotatable bonds is 12. The van der Waals surface area contributed by atoms with Gasteiger partial charge in [0.1, 0.15) is 0 Å². The number of hydrogen-bond donors (Lipinski definition) is 5. The zero-order chi connectivity index (χ0) is 60.3. The van der Waals surface area contributed by atoms with E-state index in [1.165, 1.54) is 4.90 Å². The van der Waals surface area contributed by atoms with Gasteiger partial charge in [0.15, 0.2) is 18.0 Å². The number of alkyl halides is 3. The summed E-state index contributed by atoms with van der Waals surface area (Å²) in [6.07, 6.45) is -2.20. The lowest BCUT2D eigenvalue weighted by molar-refractivity contribution is -0.162. The number of hydrogen-bond acceptors (Lipinski definition) is 13. The van der Waals surface area contributed by atoms with E-state index in [-0.39, 0.29) is 47.6 Å². The minimum Gasteiger partial charge on any atom is -0.454 e. The fraction of sp³-hybridized carbons (Fsp3) is 0.258. The minimum absolute atomic E-state index is 0.103. The van der Waals surface area contributed by atoms with Crippen LogP contribution in [0.15, 0.2) is 155 Å². The molecule has 3 amide bonds. The first-order valence-electron chi connectivity index (χ1n) is 27.8. The molecule has 20 nitrogen and oxygen atoms in total. The van der Waals surface area contributed by atoms with E-state index in [0.29, 0.717) is 76.5 Å². The predicted molar refractivity (Wildman–Crippen MR) is 321 cm³/mol. The Labute approximate surface area is 493 Å². The number of nitrogens with zero attached hydrogens (tertiary/aromatic N) is 7. The highest BCUT2D eigenvalue weighted by molar-refractivity contribution is 6.61. The molecule has 2 aliphatic heterocycles. The number of benzene rings is 6. The minimum atomic E-state index is -4.57. The molecule has 0 bridgehead atoms. The first kappa shape index (κ1) is 59.4. The molecule has 0 radical (unpaired) electrons. The van der Waals surface area contributed by atoms with E-state index in [1.54, 1.807) is 41.9 Å². The van der Waals surface area contributed by atoms with Crippen molar-refractivity contribution >= 4 is 89.7 Å². The van der Waals surface area contributed by atoms with E-state index in [9.17, 15) is 41.9 Å². The van der Waals surface area contributed by atoms with Crippen LogP contribution in [0, 0.1) is 11.8 Å². The molecule has 12 rings (SSSR count). The molecule has 6 heterocycles. The largest absolute Gasteiger partial charge is 0.454 e. The quantitative estimate of drug-likeness (QED) is 0.0715. The molecule has 2 fully saturated rings. The molecule has 2 saturated heterocycles. The number of aromatic nitrogens is 8. The lowest BCUT2D eigenvalue weighted by Crippen LogP contribution is -2.40. The van der Waals surface area contributed by atoms with Gasteiger partial charge in [-0.3, -0.25) is 28.5 Å². The van der Waals surface area contributed by atoms with E-state index in [1.807, 2.05) is 120 Å². The van der Waals surface area contributed by atoms with Crippen LogP contribution in [0.3, 0.4) is 0 Å². The van der Waals surface area contributed by atoms with Gasteiger partial charge in [0.2, 0.25) is 0 Å². The van der Waals surface area contributed by atoms with Crippen molar-refractivity contribution in [3.63, 3.8) is 0 Å². The summed E-state index contributed by atoms with van der Waals surface area (Å²) in [6.45, 7) is 4.32. The number of piperidine rings is 2. The van der Waals surface area contributed by atoms with Crippen molar-refractivity contribution in [2.24, 2.45) is 11.8 Å². The number of para-hydroxylation sites is 2. The lowest BCUT2D eigenvalue weighted by Gasteiger charge is -2.31. The smallest absolute Gasteiger partial charge is 0.422 e. The van der Waals surface area contributed by atoms with Gasteiger partial charge in [-0.05, 0) is 106 Å². The average Bonchev–Trinajstić information content (AvgIpc) is 2.12. The number of H-pyrrole nitrogens is 2. The fourth-order valence-corrected chi connectivity index (χ4v) is 10.7. The highest BCUT2D eigenvalue weighted by atomic mass is 35.5. The molecule has 5 N–H and O–H groups in total. The van der Waals surface area contributed by atoms with Crippen molar-refractivity contribution in [3.8, 4) is 22.5 Å². The number of amides is 3. The van der Waals surface area contributed by atoms with Crippen LogP contribution in [0.5, 0.6) is 0 Å². The van der Waals surface area contributed by atoms with Gasteiger partial charge < -0.3 is 30.3 Å². The Balaban J connectivity index is 0.000000177. The number of anilines is 2. The second-order valence-electron chi connectivity index (χ2n) is 20.5. The number of likely N-dealkylation sites (tertiary alicyclic amines) is 1. The highest BCUT2D eigenvalue weighted by Gasteiger charge is 2.32. The highest BCUT2D eigenvalue weighted by Crippen LogP contribution is 2.30. The Morgan fingerprint density at radius 1 is 0.570 bits per heavy atom. The maximum atomic E-state index is 13.4. The van der Waals surface area contributed by atoms with Gasteiger partial charge in [0, 0.05) is 81.8 Å². The normalized spacial score (nSPS) is 13.8. The van der Waals surface area contributed by atoms with Crippen LogP contribution >= 0.6 is 11.6 Å². The second-order valence-corrected chi connectivity index (χ2v) is 20.8. The number of fused-ring (bicyclic) bond motifs is 4. The van der Waals surface area contributed by atoms with Crippen LogP contribution in [0.25, 0.3) is 65.9 Å². The number of nitrogens with one attached hydrogen (secondary N) is 5. The summed E-state index contributed by atoms with van der Waals surface area (Å²) in [5.74, 6) is 0.0276. The van der Waals surface area contributed by atoms with Crippen LogP contribution in [-0.2, 0) is 22.6 Å². The Kier molecular flexibility index (Phi) is 18.6. The topological polar surface area (TPSA) is 253 Å². The second kappa shape index (κ2) is 26.9. The zero-order valence-corrected chi connectivity index (χ0v) is 47.2. The molecule has 0 unspecified atom stereocenters. The Morgan fingerprint density at radius 3 is 1.38 bits per heavy atom. The van der Waals surface area contributed by atoms with Crippen molar-refractivity contribution in [1.29, 1.82) is 0 Å². The van der Waals surface area contributed by atoms with Gasteiger partial charge in [-0.25, -0.2) is 19.8 Å². The molecule has 0 spiro atoms. The molecule has 4 aromatic heterocycles. The van der Waals surface area contributed by atoms with Crippen LogP contribution in [0.1, 0.15) is 53.6 Å². The first-order valence-corrected chi connectivity index (χ1v) is 28.2. The van der Waals surface area contributed by atoms with E-state index in [2.05, 4.69) is 50.9 Å². The molecule has 86 heavy (non-hydrogen) atoms. The van der Waals surface area contributed by atoms with E-state index >= 15 is 0 Å². The van der Waals surface area contributed by atoms with E-state index in [0.717, 1.165) is 70.8 Å². The number of carbonyl (C=O) groups is 4. The summed E-state index contributed by atoms with van der Waals surface area (Å²) in [6, 6.07) is 44.4. The molecule has 0 atom stereocenters. The van der Waals surface area contributed by atoms with E-state index in [4.69, 9.17) is 16.7 Å². The molecule has 6 aromatic carbocycles. The molecular weight excluding hydrogens is 1130 g/mol. The maximum Gasteiger partial charge on any atom is 0.422 e. The third-order valence-corrected chi connectivity index (χ3v) is 14.9. The standard InChI is InChI=1S/C31H27F3N6O4.C28H26N6O2.C3H5ClO2/c32-31(33,34)18-44-30(43)39-15-13-19(14-16-39)17-40-25-8-4-3-7-24(25)27(38-40)29(42)35-21-11-9-20(10-12-21)26-22-5-1-2-6-23(22)28(41)37-36-26;35-27-22-6-2-1-5-21(22)25(31-32-27)19-9-11-20(12-10-19)30-28(36)26-23-7-3-4-8-24(23)34(33-26)17-18-13-15-29-16-14-18;1-2-6-3(4)5/h1-12,19H,13-18H2,(H,35,42)(H,37,41);1-12,18,29H,13-17H2,(H,30,36)(H,32,35);2H2,1H3. The molecule has 0 aliphatic carbocycles. The van der Waals surface area contributed by atoms with Crippen molar-refractivity contribution in [2.45, 2.75) is 51.9 Å². The van der Waals surface area contributed by atoms with E-state index < -0.39 is 24.3 Å². The number of aromatic amines is 2. The summed E-state index contributed by atoms with van der Waals surface area (Å²) in [4.78, 5) is 73.7. The average molecular weight is 1190 g/mol. The molecule has 24 heteroatoms. The summed E-state index contributed by atoms with van der Waals surface area (Å²) in [5.41, 5.74) is 5.34. The Hall–Kier alpha value is -9.74. The van der Waals surface area contributed by atoms with Crippen molar-refractivity contribution in [1.82, 2.24) is 50.2 Å². The molecular formula is C62H58ClF3N12O8. The first-order chi connectivity index (χ1) is 41.6. The van der Waals surface area contributed by atoms with Gasteiger partial charge in [0.05, 0.1) is 39.8 Å².